The first-order valence-electron chi connectivity index (χ1n) is 6.97. The fourth-order valence-corrected chi connectivity index (χ4v) is 2.65. The molecule has 0 saturated heterocycles. The number of hydrogen-bond acceptors (Lipinski definition) is 3. The number of amides is 1. The van der Waals surface area contributed by atoms with Gasteiger partial charge in [-0.1, -0.05) is 0 Å². The maximum absolute atomic E-state index is 12.1. The van der Waals surface area contributed by atoms with Gasteiger partial charge in [-0.3, -0.25) is 14.2 Å². The van der Waals surface area contributed by atoms with Crippen molar-refractivity contribution in [1.29, 1.82) is 0 Å². The van der Waals surface area contributed by atoms with Crippen LogP contribution >= 0.6 is 0 Å². The monoisotopic (exact) mass is 273 g/mol. The highest BCUT2D eigenvalue weighted by Crippen LogP contribution is 2.15. The summed E-state index contributed by atoms with van der Waals surface area (Å²) < 4.78 is 3.70. The normalized spacial score (nSPS) is 15.1. The van der Waals surface area contributed by atoms with Gasteiger partial charge in [0.1, 0.15) is 5.69 Å². The van der Waals surface area contributed by atoms with Crippen molar-refractivity contribution in [2.24, 2.45) is 7.05 Å². The van der Waals surface area contributed by atoms with Crippen molar-refractivity contribution in [2.75, 3.05) is 0 Å². The summed E-state index contributed by atoms with van der Waals surface area (Å²) >= 11 is 0. The van der Waals surface area contributed by atoms with Crippen LogP contribution < -0.4 is 5.32 Å². The number of nitrogens with one attached hydrogen (secondary N) is 1. The Morgan fingerprint density at radius 3 is 3.10 bits per heavy atom. The predicted octanol–water partition coefficient (Wildman–Crippen LogP) is 0.924. The summed E-state index contributed by atoms with van der Waals surface area (Å²) in [6.45, 7) is 2.92. The Kier molecular flexibility index (Phi) is 3.30. The number of carbonyl (C=O) groups excluding carboxylic acids is 1. The van der Waals surface area contributed by atoms with E-state index in [1.165, 1.54) is 0 Å². The van der Waals surface area contributed by atoms with E-state index in [0.717, 1.165) is 37.1 Å². The smallest absolute Gasteiger partial charge is 0.272 e. The van der Waals surface area contributed by atoms with Gasteiger partial charge in [-0.05, 0) is 37.8 Å². The summed E-state index contributed by atoms with van der Waals surface area (Å²) in [7, 11) is 1.89. The quantitative estimate of drug-likeness (QED) is 0.901. The van der Waals surface area contributed by atoms with Gasteiger partial charge in [-0.15, -0.1) is 0 Å². The number of aromatic nitrogens is 4. The Labute approximate surface area is 117 Å². The van der Waals surface area contributed by atoms with Gasteiger partial charge in [0.15, 0.2) is 0 Å². The molecule has 1 unspecified atom stereocenters. The molecule has 2 aromatic heterocycles. The maximum Gasteiger partial charge on any atom is 0.272 e. The van der Waals surface area contributed by atoms with Crippen molar-refractivity contribution in [3.8, 4) is 0 Å². The van der Waals surface area contributed by atoms with Crippen LogP contribution in [0.25, 0.3) is 0 Å². The number of rotatable bonds is 4. The van der Waals surface area contributed by atoms with Crippen LogP contribution in [0.15, 0.2) is 18.5 Å². The molecular formula is C14H19N5O. The van der Waals surface area contributed by atoms with Gasteiger partial charge >= 0.3 is 0 Å². The van der Waals surface area contributed by atoms with Gasteiger partial charge < -0.3 is 5.32 Å². The van der Waals surface area contributed by atoms with E-state index >= 15 is 0 Å². The molecule has 0 aliphatic carbocycles. The van der Waals surface area contributed by atoms with Crippen LogP contribution in [0.2, 0.25) is 0 Å². The minimum Gasteiger partial charge on any atom is -0.348 e. The van der Waals surface area contributed by atoms with E-state index in [4.69, 9.17) is 0 Å². The first kappa shape index (κ1) is 12.9. The van der Waals surface area contributed by atoms with Crippen LogP contribution in [-0.2, 0) is 26.4 Å². The summed E-state index contributed by atoms with van der Waals surface area (Å²) in [6, 6.07) is 1.96. The van der Waals surface area contributed by atoms with Crippen LogP contribution in [0.5, 0.6) is 0 Å². The molecule has 1 N–H and O–H groups in total. The number of nitrogens with zero attached hydrogens (tertiary/aromatic N) is 4. The fourth-order valence-electron chi connectivity index (χ4n) is 2.65. The zero-order chi connectivity index (χ0) is 14.1. The molecule has 106 valence electrons. The largest absolute Gasteiger partial charge is 0.348 e. The van der Waals surface area contributed by atoms with Crippen molar-refractivity contribution in [1.82, 2.24) is 24.9 Å². The van der Waals surface area contributed by atoms with E-state index in [1.54, 1.807) is 4.68 Å². The lowest BCUT2D eigenvalue weighted by molar-refractivity contribution is 0.0934. The molecule has 20 heavy (non-hydrogen) atoms. The molecular weight excluding hydrogens is 254 g/mol. The Morgan fingerprint density at radius 2 is 2.40 bits per heavy atom. The molecule has 0 saturated carbocycles. The van der Waals surface area contributed by atoms with Crippen molar-refractivity contribution in [2.45, 2.75) is 38.8 Å². The van der Waals surface area contributed by atoms with Crippen molar-refractivity contribution in [3.05, 3.63) is 35.4 Å². The lowest BCUT2D eigenvalue weighted by Gasteiger charge is -2.11. The molecule has 0 bridgehead atoms. The van der Waals surface area contributed by atoms with Gasteiger partial charge in [0.2, 0.25) is 0 Å². The van der Waals surface area contributed by atoms with Crippen LogP contribution in [0.3, 0.4) is 0 Å². The highest BCUT2D eigenvalue weighted by molar-refractivity contribution is 5.92. The molecule has 0 radical (unpaired) electrons. The van der Waals surface area contributed by atoms with Gasteiger partial charge in [0.05, 0.1) is 6.20 Å². The number of fused-ring (bicyclic) bond motifs is 1. The van der Waals surface area contributed by atoms with Gasteiger partial charge in [0, 0.05) is 31.5 Å². The van der Waals surface area contributed by atoms with Crippen molar-refractivity contribution in [3.63, 3.8) is 0 Å². The van der Waals surface area contributed by atoms with Gasteiger partial charge in [-0.25, -0.2) is 0 Å². The molecule has 0 aromatic carbocycles. The standard InChI is InChI=1S/C14H19N5O/c1-10(6-11-8-15-18(2)9-11)16-14(20)13-7-12-4-3-5-19(12)17-13/h7-10H,3-6H2,1-2H3,(H,16,20). The van der Waals surface area contributed by atoms with Crippen LogP contribution in [0.1, 0.15) is 35.1 Å². The van der Waals surface area contributed by atoms with E-state index in [-0.39, 0.29) is 11.9 Å². The molecule has 2 aromatic rings. The predicted molar refractivity (Wildman–Crippen MR) is 74.4 cm³/mol. The average Bonchev–Trinajstić information content (AvgIpc) is 3.03. The van der Waals surface area contributed by atoms with E-state index < -0.39 is 0 Å². The summed E-state index contributed by atoms with van der Waals surface area (Å²) in [4.78, 5) is 12.1. The summed E-state index contributed by atoms with van der Waals surface area (Å²) in [5, 5.41) is 11.5. The van der Waals surface area contributed by atoms with E-state index in [2.05, 4.69) is 15.5 Å². The molecule has 0 fully saturated rings. The summed E-state index contributed by atoms with van der Waals surface area (Å²) in [5.41, 5.74) is 2.81. The number of carbonyl (C=O) groups is 1. The van der Waals surface area contributed by atoms with Crippen LogP contribution in [0, 0.1) is 0 Å². The maximum atomic E-state index is 12.1. The second kappa shape index (κ2) is 5.11. The van der Waals surface area contributed by atoms with E-state index in [0.29, 0.717) is 5.69 Å². The van der Waals surface area contributed by atoms with Crippen LogP contribution in [-0.4, -0.2) is 31.5 Å². The molecule has 3 heterocycles. The topological polar surface area (TPSA) is 64.7 Å². The molecule has 0 spiro atoms. The molecule has 6 heteroatoms. The Hall–Kier alpha value is -2.11. The Bertz CT molecular complexity index is 606. The molecule has 1 aliphatic heterocycles. The first-order valence-corrected chi connectivity index (χ1v) is 6.97. The first-order chi connectivity index (χ1) is 9.61. The third-order valence-electron chi connectivity index (χ3n) is 3.58. The second-order valence-electron chi connectivity index (χ2n) is 5.45. The molecule has 6 nitrogen and oxygen atoms in total. The lowest BCUT2D eigenvalue weighted by atomic mass is 10.1. The molecule has 1 amide bonds. The highest BCUT2D eigenvalue weighted by Gasteiger charge is 2.19. The van der Waals surface area contributed by atoms with E-state index in [1.807, 2.05) is 37.1 Å². The van der Waals surface area contributed by atoms with Crippen molar-refractivity contribution >= 4 is 5.91 Å². The third-order valence-corrected chi connectivity index (χ3v) is 3.58. The van der Waals surface area contributed by atoms with Gasteiger partial charge in [0.25, 0.3) is 5.91 Å². The third kappa shape index (κ3) is 2.59. The fraction of sp³-hybridized carbons (Fsp3) is 0.500. The number of hydrogen-bond donors (Lipinski definition) is 1. The minimum absolute atomic E-state index is 0.0586. The highest BCUT2D eigenvalue weighted by atomic mass is 16.2. The van der Waals surface area contributed by atoms with Crippen molar-refractivity contribution < 1.29 is 4.79 Å². The minimum atomic E-state index is -0.0942. The van der Waals surface area contributed by atoms with Crippen LogP contribution in [0.4, 0.5) is 0 Å². The van der Waals surface area contributed by atoms with Gasteiger partial charge in [-0.2, -0.15) is 10.2 Å². The zero-order valence-electron chi connectivity index (χ0n) is 11.8. The SMILES string of the molecule is CC(Cc1cnn(C)c1)NC(=O)c1cc2n(n1)CCC2. The second-order valence-corrected chi connectivity index (χ2v) is 5.45. The zero-order valence-corrected chi connectivity index (χ0v) is 11.8. The average molecular weight is 273 g/mol. The lowest BCUT2D eigenvalue weighted by Crippen LogP contribution is -2.34. The number of aryl methyl sites for hydroxylation is 3. The summed E-state index contributed by atoms with van der Waals surface area (Å²) in [6.07, 6.45) is 6.71. The molecule has 1 aliphatic rings. The molecule has 1 atom stereocenters. The Morgan fingerprint density at radius 1 is 1.55 bits per heavy atom. The summed E-state index contributed by atoms with van der Waals surface area (Å²) in [5.74, 6) is -0.0942. The van der Waals surface area contributed by atoms with E-state index in [9.17, 15) is 4.79 Å². The Balaban J connectivity index is 1.60. The molecule has 3 rings (SSSR count).